The van der Waals surface area contributed by atoms with Gasteiger partial charge in [0.15, 0.2) is 0 Å². The maximum absolute atomic E-state index is 13.8. The molecule has 0 aromatic heterocycles. The summed E-state index contributed by atoms with van der Waals surface area (Å²) >= 11 is 0. The number of hydrogen-bond donors (Lipinski definition) is 1. The summed E-state index contributed by atoms with van der Waals surface area (Å²) in [5, 5.41) is 0. The van der Waals surface area contributed by atoms with Gasteiger partial charge in [0.1, 0.15) is 17.1 Å². The third kappa shape index (κ3) is 6.21. The number of nitrogens with zero attached hydrogens (tertiary/aromatic N) is 3. The van der Waals surface area contributed by atoms with Gasteiger partial charge >= 0.3 is 6.09 Å². The number of ether oxygens (including phenoxy) is 1. The number of nitrogens with two attached hydrogens (primary N) is 1. The zero-order valence-corrected chi connectivity index (χ0v) is 22.4. The van der Waals surface area contributed by atoms with E-state index < -0.39 is 35.1 Å². The van der Waals surface area contributed by atoms with Gasteiger partial charge in [0.05, 0.1) is 6.04 Å². The second kappa shape index (κ2) is 9.74. The van der Waals surface area contributed by atoms with E-state index >= 15 is 0 Å². The van der Waals surface area contributed by atoms with Crippen molar-refractivity contribution in [3.8, 4) is 0 Å². The number of rotatable bonds is 5. The Kier molecular flexibility index (Phi) is 8.00. The Morgan fingerprint density at radius 2 is 1.50 bits per heavy atom. The molecule has 0 spiro atoms. The van der Waals surface area contributed by atoms with Crippen molar-refractivity contribution >= 4 is 23.8 Å². The van der Waals surface area contributed by atoms with Crippen LogP contribution in [0.3, 0.4) is 0 Å². The Bertz CT molecular complexity index is 805. The van der Waals surface area contributed by atoms with E-state index in [1.165, 1.54) is 9.80 Å². The Labute approximate surface area is 204 Å². The molecule has 0 bridgehead atoms. The maximum atomic E-state index is 13.8. The highest BCUT2D eigenvalue weighted by Crippen LogP contribution is 2.40. The molecule has 1 saturated heterocycles. The van der Waals surface area contributed by atoms with E-state index in [2.05, 4.69) is 13.8 Å². The van der Waals surface area contributed by atoms with Gasteiger partial charge < -0.3 is 20.3 Å². The zero-order chi connectivity index (χ0) is 26.2. The SMILES string of the molecule is CN(C)C(=O)[C@@H]1C[C@H](N(C(=O)C(C)(C)C(N)=O)C2CCC(C)(C)CC2)CN1C(=O)OC(C)(C)C. The normalized spacial score (nSPS) is 23.4. The number of carbonyl (C=O) groups is 4. The molecule has 1 aliphatic heterocycles. The molecule has 0 aromatic carbocycles. The van der Waals surface area contributed by atoms with Gasteiger partial charge in [-0.3, -0.25) is 19.3 Å². The molecule has 2 fully saturated rings. The van der Waals surface area contributed by atoms with Crippen molar-refractivity contribution in [2.24, 2.45) is 16.6 Å². The van der Waals surface area contributed by atoms with Gasteiger partial charge in [-0.15, -0.1) is 0 Å². The minimum Gasteiger partial charge on any atom is -0.444 e. The molecule has 9 nitrogen and oxygen atoms in total. The summed E-state index contributed by atoms with van der Waals surface area (Å²) in [5.74, 6) is -1.27. The fraction of sp³-hybridized carbons (Fsp3) is 0.840. The molecule has 1 saturated carbocycles. The Hall–Kier alpha value is -2.32. The van der Waals surface area contributed by atoms with E-state index in [0.717, 1.165) is 25.7 Å². The largest absolute Gasteiger partial charge is 0.444 e. The number of likely N-dealkylation sites (N-methyl/N-ethyl adjacent to an activating group) is 1. The Morgan fingerprint density at radius 3 is 1.94 bits per heavy atom. The van der Waals surface area contributed by atoms with E-state index in [4.69, 9.17) is 10.5 Å². The van der Waals surface area contributed by atoms with Crippen molar-refractivity contribution in [1.82, 2.24) is 14.7 Å². The van der Waals surface area contributed by atoms with Crippen LogP contribution >= 0.6 is 0 Å². The van der Waals surface area contributed by atoms with Crippen molar-refractivity contribution < 1.29 is 23.9 Å². The van der Waals surface area contributed by atoms with Crippen LogP contribution in [0.5, 0.6) is 0 Å². The topological polar surface area (TPSA) is 113 Å². The fourth-order valence-electron chi connectivity index (χ4n) is 4.79. The summed E-state index contributed by atoms with van der Waals surface area (Å²) in [6, 6.07) is -1.25. The molecule has 2 aliphatic rings. The summed E-state index contributed by atoms with van der Waals surface area (Å²) < 4.78 is 5.59. The van der Waals surface area contributed by atoms with Crippen LogP contribution in [0.15, 0.2) is 0 Å². The van der Waals surface area contributed by atoms with Crippen molar-refractivity contribution in [2.45, 2.75) is 104 Å². The Morgan fingerprint density at radius 1 is 0.971 bits per heavy atom. The number of likely N-dealkylation sites (tertiary alicyclic amines) is 1. The number of amides is 4. The summed E-state index contributed by atoms with van der Waals surface area (Å²) in [6.07, 6.45) is 3.19. The molecule has 9 heteroatoms. The lowest BCUT2D eigenvalue weighted by Crippen LogP contribution is -2.57. The van der Waals surface area contributed by atoms with Crippen LogP contribution in [0, 0.1) is 10.8 Å². The summed E-state index contributed by atoms with van der Waals surface area (Å²) in [4.78, 5) is 56.7. The molecule has 0 unspecified atom stereocenters. The monoisotopic (exact) mass is 480 g/mol. The van der Waals surface area contributed by atoms with Gasteiger partial charge in [0.25, 0.3) is 0 Å². The van der Waals surface area contributed by atoms with Gasteiger partial charge in [-0.25, -0.2) is 4.79 Å². The lowest BCUT2D eigenvalue weighted by molar-refractivity contribution is -0.152. The van der Waals surface area contributed by atoms with Crippen LogP contribution in [-0.4, -0.2) is 82.9 Å². The highest BCUT2D eigenvalue weighted by atomic mass is 16.6. The first kappa shape index (κ1) is 27.9. The molecule has 4 amide bonds. The molecule has 2 N–H and O–H groups in total. The Balaban J connectivity index is 2.44. The molecule has 194 valence electrons. The maximum Gasteiger partial charge on any atom is 0.411 e. The minimum absolute atomic E-state index is 0.0853. The first-order chi connectivity index (χ1) is 15.4. The first-order valence-corrected chi connectivity index (χ1v) is 12.2. The zero-order valence-electron chi connectivity index (χ0n) is 22.4. The van der Waals surface area contributed by atoms with Crippen LogP contribution in [0.1, 0.15) is 80.6 Å². The van der Waals surface area contributed by atoms with Crippen molar-refractivity contribution in [2.75, 3.05) is 20.6 Å². The highest BCUT2D eigenvalue weighted by molar-refractivity contribution is 6.03. The molecule has 2 atom stereocenters. The average molecular weight is 481 g/mol. The molecule has 0 radical (unpaired) electrons. The summed E-state index contributed by atoms with van der Waals surface area (Å²) in [7, 11) is 3.29. The number of hydrogen-bond acceptors (Lipinski definition) is 5. The lowest BCUT2D eigenvalue weighted by atomic mass is 9.74. The van der Waals surface area contributed by atoms with Gasteiger partial charge in [-0.1, -0.05) is 13.8 Å². The van der Waals surface area contributed by atoms with Gasteiger partial charge in [0.2, 0.25) is 17.7 Å². The first-order valence-electron chi connectivity index (χ1n) is 12.2. The van der Waals surface area contributed by atoms with Gasteiger partial charge in [-0.05, 0) is 72.1 Å². The summed E-state index contributed by atoms with van der Waals surface area (Å²) in [5.41, 5.74) is 3.68. The van der Waals surface area contributed by atoms with Crippen LogP contribution in [0.4, 0.5) is 4.79 Å². The van der Waals surface area contributed by atoms with E-state index in [0.29, 0.717) is 0 Å². The van der Waals surface area contributed by atoms with Gasteiger partial charge in [-0.2, -0.15) is 0 Å². The predicted molar refractivity (Wildman–Crippen MR) is 130 cm³/mol. The van der Waals surface area contributed by atoms with Crippen LogP contribution in [0.2, 0.25) is 0 Å². The smallest absolute Gasteiger partial charge is 0.411 e. The second-order valence-electron chi connectivity index (χ2n) is 12.4. The molecule has 2 rings (SSSR count). The highest BCUT2D eigenvalue weighted by Gasteiger charge is 2.50. The van der Waals surface area contributed by atoms with E-state index in [1.54, 1.807) is 53.6 Å². The van der Waals surface area contributed by atoms with Crippen molar-refractivity contribution in [3.05, 3.63) is 0 Å². The fourth-order valence-corrected chi connectivity index (χ4v) is 4.79. The van der Waals surface area contributed by atoms with Crippen molar-refractivity contribution in [3.63, 3.8) is 0 Å². The van der Waals surface area contributed by atoms with Crippen LogP contribution < -0.4 is 5.73 Å². The molecule has 34 heavy (non-hydrogen) atoms. The quantitative estimate of drug-likeness (QED) is 0.608. The molecule has 1 aliphatic carbocycles. The summed E-state index contributed by atoms with van der Waals surface area (Å²) in [6.45, 7) is 13.0. The second-order valence-corrected chi connectivity index (χ2v) is 12.4. The molecule has 1 heterocycles. The number of carbonyl (C=O) groups excluding carboxylic acids is 4. The number of primary amides is 1. The van der Waals surface area contributed by atoms with Gasteiger partial charge in [0, 0.05) is 26.7 Å². The lowest BCUT2D eigenvalue weighted by Gasteiger charge is -2.44. The third-order valence-corrected chi connectivity index (χ3v) is 7.11. The predicted octanol–water partition coefficient (Wildman–Crippen LogP) is 2.76. The van der Waals surface area contributed by atoms with Crippen LogP contribution in [-0.2, 0) is 19.1 Å². The molecular formula is C25H44N4O5. The van der Waals surface area contributed by atoms with Crippen molar-refractivity contribution in [1.29, 1.82) is 0 Å². The third-order valence-electron chi connectivity index (χ3n) is 7.11. The van der Waals surface area contributed by atoms with E-state index in [9.17, 15) is 19.2 Å². The average Bonchev–Trinajstić information content (AvgIpc) is 3.12. The molecule has 0 aromatic rings. The minimum atomic E-state index is -1.40. The van der Waals surface area contributed by atoms with E-state index in [1.807, 2.05) is 0 Å². The van der Waals surface area contributed by atoms with E-state index in [-0.39, 0.29) is 36.2 Å². The standard InChI is InChI=1S/C25H44N4O5/c1-23(2,3)34-22(33)28-15-17(14-18(28)19(30)27(8)9)29(21(32)25(6,7)20(26)31)16-10-12-24(4,5)13-11-16/h16-18H,10-15H2,1-9H3,(H2,26,31)/t17-,18-/m0/s1. The van der Waals surface area contributed by atoms with Crippen LogP contribution in [0.25, 0.3) is 0 Å². The molecular weight excluding hydrogens is 436 g/mol.